The zero-order valence-corrected chi connectivity index (χ0v) is 15.2. The molecule has 2 unspecified atom stereocenters. The Morgan fingerprint density at radius 1 is 1.16 bits per heavy atom. The Morgan fingerprint density at radius 3 is 2.68 bits per heavy atom. The maximum Gasteiger partial charge on any atom is 0.223 e. The summed E-state index contributed by atoms with van der Waals surface area (Å²) in [7, 11) is 0. The van der Waals surface area contributed by atoms with Crippen LogP contribution in [0.4, 0.5) is 0 Å². The van der Waals surface area contributed by atoms with E-state index in [1.54, 1.807) is 0 Å². The van der Waals surface area contributed by atoms with Gasteiger partial charge in [-0.05, 0) is 50.6 Å². The molecule has 4 heteroatoms. The van der Waals surface area contributed by atoms with Crippen molar-refractivity contribution in [2.24, 2.45) is 5.92 Å². The molecule has 1 aromatic carbocycles. The van der Waals surface area contributed by atoms with Gasteiger partial charge < -0.3 is 15.3 Å². The van der Waals surface area contributed by atoms with Gasteiger partial charge >= 0.3 is 0 Å². The lowest BCUT2D eigenvalue weighted by molar-refractivity contribution is -0.124. The fourth-order valence-electron chi connectivity index (χ4n) is 4.35. The summed E-state index contributed by atoms with van der Waals surface area (Å²) in [6.45, 7) is 2.90. The predicted octanol–water partition coefficient (Wildman–Crippen LogP) is 3.27. The summed E-state index contributed by atoms with van der Waals surface area (Å²) >= 11 is 0. The van der Waals surface area contributed by atoms with Crippen LogP contribution in [-0.4, -0.2) is 41.6 Å². The zero-order valence-electron chi connectivity index (χ0n) is 15.2. The number of likely N-dealkylation sites (tertiary alicyclic amines) is 1. The fourth-order valence-corrected chi connectivity index (χ4v) is 4.35. The molecular formula is C21H32N2O2. The maximum atomic E-state index is 12.1. The van der Waals surface area contributed by atoms with Gasteiger partial charge in [0, 0.05) is 25.0 Å². The summed E-state index contributed by atoms with van der Waals surface area (Å²) in [6.07, 6.45) is 8.34. The maximum absolute atomic E-state index is 12.1. The van der Waals surface area contributed by atoms with Gasteiger partial charge in [-0.3, -0.25) is 4.79 Å². The molecule has 4 nitrogen and oxygen atoms in total. The van der Waals surface area contributed by atoms with Crippen molar-refractivity contribution in [2.75, 3.05) is 19.6 Å². The predicted molar refractivity (Wildman–Crippen MR) is 100 cm³/mol. The van der Waals surface area contributed by atoms with E-state index in [9.17, 15) is 9.90 Å². The van der Waals surface area contributed by atoms with Crippen LogP contribution < -0.4 is 5.32 Å². The largest absolute Gasteiger partial charge is 0.388 e. The third-order valence-corrected chi connectivity index (χ3v) is 5.83. The number of nitrogens with zero attached hydrogens (tertiary/aromatic N) is 1. The van der Waals surface area contributed by atoms with E-state index >= 15 is 0 Å². The number of aliphatic hydroxyl groups excluding tert-OH is 1. The van der Waals surface area contributed by atoms with E-state index in [0.29, 0.717) is 6.04 Å². The highest BCUT2D eigenvalue weighted by Crippen LogP contribution is 2.27. The monoisotopic (exact) mass is 344 g/mol. The van der Waals surface area contributed by atoms with Crippen LogP contribution in [0.2, 0.25) is 0 Å². The summed E-state index contributed by atoms with van der Waals surface area (Å²) in [5, 5.41) is 13.6. The minimum atomic E-state index is -0.381. The van der Waals surface area contributed by atoms with Gasteiger partial charge in [-0.2, -0.15) is 0 Å². The molecule has 1 saturated carbocycles. The molecule has 0 radical (unpaired) electrons. The first-order valence-electron chi connectivity index (χ1n) is 9.99. The number of rotatable bonds is 8. The van der Waals surface area contributed by atoms with E-state index in [1.165, 1.54) is 25.7 Å². The van der Waals surface area contributed by atoms with E-state index in [0.717, 1.165) is 50.9 Å². The number of benzene rings is 1. The summed E-state index contributed by atoms with van der Waals surface area (Å²) < 4.78 is 0. The molecule has 1 amide bonds. The van der Waals surface area contributed by atoms with Gasteiger partial charge in [0.25, 0.3) is 0 Å². The average molecular weight is 344 g/mol. The fraction of sp³-hybridized carbons (Fsp3) is 0.667. The lowest BCUT2D eigenvalue weighted by Crippen LogP contribution is -2.35. The second kappa shape index (κ2) is 9.35. The van der Waals surface area contributed by atoms with E-state index in [-0.39, 0.29) is 17.9 Å². The highest BCUT2D eigenvalue weighted by molar-refractivity contribution is 5.78. The van der Waals surface area contributed by atoms with Crippen LogP contribution in [0.3, 0.4) is 0 Å². The van der Waals surface area contributed by atoms with Crippen LogP contribution in [0, 0.1) is 5.92 Å². The van der Waals surface area contributed by atoms with Crippen molar-refractivity contribution < 1.29 is 9.90 Å². The van der Waals surface area contributed by atoms with Crippen LogP contribution in [-0.2, 0) is 4.79 Å². The number of hydrogen-bond acceptors (Lipinski definition) is 3. The Balaban J connectivity index is 1.37. The van der Waals surface area contributed by atoms with E-state index in [4.69, 9.17) is 0 Å². The van der Waals surface area contributed by atoms with Gasteiger partial charge in [0.15, 0.2) is 0 Å². The average Bonchev–Trinajstić information content (AvgIpc) is 3.31. The molecule has 0 aromatic heterocycles. The highest BCUT2D eigenvalue weighted by atomic mass is 16.3. The van der Waals surface area contributed by atoms with Crippen molar-refractivity contribution in [3.8, 4) is 0 Å². The SMILES string of the molecule is O=C(NCCCN1CCCC1CC(O)c1ccccc1)C1CCCC1. The van der Waals surface area contributed by atoms with Gasteiger partial charge in [-0.15, -0.1) is 0 Å². The summed E-state index contributed by atoms with van der Waals surface area (Å²) in [4.78, 5) is 14.5. The number of aliphatic hydroxyl groups is 1. The first-order valence-corrected chi connectivity index (χ1v) is 9.99. The van der Waals surface area contributed by atoms with Crippen LogP contribution >= 0.6 is 0 Å². The van der Waals surface area contributed by atoms with Gasteiger partial charge in [0.1, 0.15) is 0 Å². The summed E-state index contributed by atoms with van der Waals surface area (Å²) in [5.74, 6) is 0.524. The van der Waals surface area contributed by atoms with Crippen LogP contribution in [0.25, 0.3) is 0 Å². The standard InChI is InChI=1S/C21H32N2O2/c24-20(17-8-2-1-3-9-17)16-19-12-6-14-23(19)15-7-13-22-21(25)18-10-4-5-11-18/h1-3,8-9,18-20,24H,4-7,10-16H2,(H,22,25). The second-order valence-electron chi connectivity index (χ2n) is 7.62. The molecule has 1 aliphatic carbocycles. The lowest BCUT2D eigenvalue weighted by Gasteiger charge is -2.26. The summed E-state index contributed by atoms with van der Waals surface area (Å²) in [5.41, 5.74) is 1.01. The Hall–Kier alpha value is -1.39. The third-order valence-electron chi connectivity index (χ3n) is 5.83. The minimum absolute atomic E-state index is 0.259. The molecule has 2 N–H and O–H groups in total. The molecule has 0 bridgehead atoms. The van der Waals surface area contributed by atoms with E-state index in [1.807, 2.05) is 30.3 Å². The van der Waals surface area contributed by atoms with Gasteiger partial charge in [-0.25, -0.2) is 0 Å². The quantitative estimate of drug-likeness (QED) is 0.712. The molecule has 25 heavy (non-hydrogen) atoms. The van der Waals surface area contributed by atoms with Crippen molar-refractivity contribution in [1.29, 1.82) is 0 Å². The van der Waals surface area contributed by atoms with Crippen molar-refractivity contribution in [3.63, 3.8) is 0 Å². The molecule has 2 fully saturated rings. The van der Waals surface area contributed by atoms with Crippen molar-refractivity contribution in [2.45, 2.75) is 63.5 Å². The first-order chi connectivity index (χ1) is 12.2. The molecular weight excluding hydrogens is 312 g/mol. The van der Waals surface area contributed by atoms with Gasteiger partial charge in [0.2, 0.25) is 5.91 Å². The number of carbonyl (C=O) groups excluding carboxylic acids is 1. The Bertz CT molecular complexity index is 528. The van der Waals surface area contributed by atoms with Crippen molar-refractivity contribution in [3.05, 3.63) is 35.9 Å². The normalized spacial score (nSPS) is 23.0. The molecule has 0 spiro atoms. The lowest BCUT2D eigenvalue weighted by atomic mass is 10.0. The van der Waals surface area contributed by atoms with Crippen molar-refractivity contribution in [1.82, 2.24) is 10.2 Å². The Morgan fingerprint density at radius 2 is 1.92 bits per heavy atom. The molecule has 138 valence electrons. The van der Waals surface area contributed by atoms with Gasteiger partial charge in [-0.1, -0.05) is 43.2 Å². The Labute approximate surface area is 151 Å². The third kappa shape index (κ3) is 5.29. The zero-order chi connectivity index (χ0) is 17.5. The van der Waals surface area contributed by atoms with Gasteiger partial charge in [0.05, 0.1) is 6.10 Å². The second-order valence-corrected chi connectivity index (χ2v) is 7.62. The highest BCUT2D eigenvalue weighted by Gasteiger charge is 2.27. The molecule has 1 aromatic rings. The number of carbonyl (C=O) groups is 1. The molecule has 1 saturated heterocycles. The number of amides is 1. The van der Waals surface area contributed by atoms with Crippen LogP contribution in [0.15, 0.2) is 30.3 Å². The van der Waals surface area contributed by atoms with E-state index in [2.05, 4.69) is 10.2 Å². The van der Waals surface area contributed by atoms with Crippen molar-refractivity contribution >= 4 is 5.91 Å². The molecule has 1 heterocycles. The van der Waals surface area contributed by atoms with Crippen LogP contribution in [0.1, 0.15) is 63.0 Å². The first kappa shape index (κ1) is 18.4. The molecule has 2 atom stereocenters. The molecule has 2 aliphatic rings. The smallest absolute Gasteiger partial charge is 0.223 e. The van der Waals surface area contributed by atoms with E-state index < -0.39 is 0 Å². The topological polar surface area (TPSA) is 52.6 Å². The Kier molecular flexibility index (Phi) is 6.88. The number of nitrogens with one attached hydrogen (secondary N) is 1. The van der Waals surface area contributed by atoms with Crippen LogP contribution in [0.5, 0.6) is 0 Å². The minimum Gasteiger partial charge on any atom is -0.388 e. The number of hydrogen-bond donors (Lipinski definition) is 2. The molecule has 1 aliphatic heterocycles. The summed E-state index contributed by atoms with van der Waals surface area (Å²) in [6, 6.07) is 10.4. The molecule has 3 rings (SSSR count).